The minimum atomic E-state index is -0.801. The maximum absolute atomic E-state index is 13.9. The zero-order chi connectivity index (χ0) is 24.4. The lowest BCUT2D eigenvalue weighted by atomic mass is 10.0. The molecule has 0 saturated carbocycles. The maximum atomic E-state index is 13.9. The Hall–Kier alpha value is -2.57. The smallest absolute Gasteiger partial charge is 0.408 e. The van der Waals surface area contributed by atoms with Crippen molar-refractivity contribution in [2.45, 2.75) is 91.2 Å². The zero-order valence-electron chi connectivity index (χ0n) is 20.8. The summed E-state index contributed by atoms with van der Waals surface area (Å²) in [5.41, 5.74) is 0.891. The van der Waals surface area contributed by atoms with Gasteiger partial charge in [-0.05, 0) is 57.4 Å². The van der Waals surface area contributed by atoms with E-state index in [-0.39, 0.29) is 18.1 Å². The number of ether oxygens (including phenoxy) is 1. The van der Waals surface area contributed by atoms with E-state index in [1.807, 2.05) is 4.90 Å². The van der Waals surface area contributed by atoms with E-state index in [1.54, 1.807) is 33.0 Å². The molecule has 1 aromatic carbocycles. The Bertz CT molecular complexity index is 894. The quantitative estimate of drug-likeness (QED) is 0.384. The first-order valence-corrected chi connectivity index (χ1v) is 12.2. The Labute approximate surface area is 197 Å². The third-order valence-corrected chi connectivity index (χ3v) is 5.52. The summed E-state index contributed by atoms with van der Waals surface area (Å²) in [6.45, 7) is 10.9. The molecule has 6 nitrogen and oxygen atoms in total. The van der Waals surface area contributed by atoms with Gasteiger partial charge < -0.3 is 19.9 Å². The number of nitrogens with zero attached hydrogens (tertiary/aromatic N) is 1. The highest BCUT2D eigenvalue weighted by Crippen LogP contribution is 2.22. The van der Waals surface area contributed by atoms with Crippen LogP contribution in [-0.2, 0) is 16.0 Å². The molecule has 1 heterocycles. The van der Waals surface area contributed by atoms with Crippen LogP contribution < -0.4 is 5.32 Å². The number of alkyl carbamates (subject to hydrolysis) is 1. The molecule has 2 aromatic rings. The number of hydrogen-bond donors (Lipinski definition) is 2. The lowest BCUT2D eigenvalue weighted by Gasteiger charge is -2.29. The highest BCUT2D eigenvalue weighted by Gasteiger charge is 2.29. The Kier molecular flexibility index (Phi) is 10.2. The fourth-order valence-electron chi connectivity index (χ4n) is 3.85. The molecule has 0 aliphatic rings. The number of carbonyl (C=O) groups excluding carboxylic acids is 2. The van der Waals surface area contributed by atoms with Crippen LogP contribution in [0.3, 0.4) is 0 Å². The van der Waals surface area contributed by atoms with Gasteiger partial charge in [-0.25, -0.2) is 9.18 Å². The van der Waals surface area contributed by atoms with Crippen LogP contribution >= 0.6 is 0 Å². The predicted octanol–water partition coefficient (Wildman–Crippen LogP) is 5.95. The van der Waals surface area contributed by atoms with Gasteiger partial charge in [-0.15, -0.1) is 0 Å². The molecule has 2 N–H and O–H groups in total. The van der Waals surface area contributed by atoms with E-state index >= 15 is 0 Å². The van der Waals surface area contributed by atoms with Crippen LogP contribution in [0.2, 0.25) is 0 Å². The van der Waals surface area contributed by atoms with Gasteiger partial charge in [-0.3, -0.25) is 4.79 Å². The molecular weight excluding hydrogens is 421 g/mol. The SMILES string of the molecule is CCCCCN(CCCCC)C(=O)[C@H](Cc1c[nH]c2ccc(F)cc12)NC(=O)OC(C)(C)C. The molecule has 7 heteroatoms. The molecule has 0 fully saturated rings. The highest BCUT2D eigenvalue weighted by atomic mass is 19.1. The number of fused-ring (bicyclic) bond motifs is 1. The summed E-state index contributed by atoms with van der Waals surface area (Å²) in [6.07, 6.45) is 7.47. The van der Waals surface area contributed by atoms with Gasteiger partial charge in [0.05, 0.1) is 0 Å². The van der Waals surface area contributed by atoms with Crippen LogP contribution in [-0.4, -0.2) is 46.6 Å². The van der Waals surface area contributed by atoms with Gasteiger partial charge in [-0.1, -0.05) is 39.5 Å². The molecule has 0 bridgehead atoms. The topological polar surface area (TPSA) is 74.4 Å². The first-order valence-electron chi connectivity index (χ1n) is 12.2. The number of aromatic nitrogens is 1. The summed E-state index contributed by atoms with van der Waals surface area (Å²) < 4.78 is 19.3. The first kappa shape index (κ1) is 26.7. The van der Waals surface area contributed by atoms with Crippen molar-refractivity contribution in [2.24, 2.45) is 0 Å². The fraction of sp³-hybridized carbons (Fsp3) is 0.615. The molecule has 2 amide bonds. The van der Waals surface area contributed by atoms with E-state index in [9.17, 15) is 14.0 Å². The van der Waals surface area contributed by atoms with Crippen molar-refractivity contribution in [1.29, 1.82) is 0 Å². The van der Waals surface area contributed by atoms with E-state index < -0.39 is 17.7 Å². The molecule has 0 spiro atoms. The average Bonchev–Trinajstić information content (AvgIpc) is 3.12. The number of aromatic amines is 1. The van der Waals surface area contributed by atoms with E-state index in [0.717, 1.165) is 49.6 Å². The van der Waals surface area contributed by atoms with Gasteiger partial charge in [0.2, 0.25) is 5.91 Å². The number of hydrogen-bond acceptors (Lipinski definition) is 3. The maximum Gasteiger partial charge on any atom is 0.408 e. The number of unbranched alkanes of at least 4 members (excludes halogenated alkanes) is 4. The summed E-state index contributed by atoms with van der Waals surface area (Å²) in [5, 5.41) is 3.50. The number of amides is 2. The monoisotopic (exact) mass is 461 g/mol. The van der Waals surface area contributed by atoms with Crippen molar-refractivity contribution in [3.63, 3.8) is 0 Å². The molecule has 2 rings (SSSR count). The van der Waals surface area contributed by atoms with E-state index in [0.29, 0.717) is 18.5 Å². The van der Waals surface area contributed by atoms with Crippen molar-refractivity contribution in [3.8, 4) is 0 Å². The van der Waals surface area contributed by atoms with E-state index in [1.165, 1.54) is 12.1 Å². The van der Waals surface area contributed by atoms with Gasteiger partial charge in [-0.2, -0.15) is 0 Å². The molecule has 0 aliphatic carbocycles. The largest absolute Gasteiger partial charge is 0.444 e. The Morgan fingerprint density at radius 1 is 1.09 bits per heavy atom. The first-order chi connectivity index (χ1) is 15.6. The van der Waals surface area contributed by atoms with Crippen molar-refractivity contribution in [1.82, 2.24) is 15.2 Å². The van der Waals surface area contributed by atoms with Crippen molar-refractivity contribution in [2.75, 3.05) is 13.1 Å². The van der Waals surface area contributed by atoms with E-state index in [4.69, 9.17) is 4.74 Å². The number of benzene rings is 1. The van der Waals surface area contributed by atoms with Crippen LogP contribution in [0, 0.1) is 5.82 Å². The van der Waals surface area contributed by atoms with Crippen LogP contribution in [0.15, 0.2) is 24.4 Å². The lowest BCUT2D eigenvalue weighted by Crippen LogP contribution is -2.51. The number of nitrogens with one attached hydrogen (secondary N) is 2. The second-order valence-electron chi connectivity index (χ2n) is 9.65. The number of H-pyrrole nitrogens is 1. The van der Waals surface area contributed by atoms with Crippen molar-refractivity contribution in [3.05, 3.63) is 35.8 Å². The molecule has 1 atom stereocenters. The Morgan fingerprint density at radius 2 is 1.73 bits per heavy atom. The molecule has 0 aliphatic heterocycles. The molecule has 0 unspecified atom stereocenters. The van der Waals surface area contributed by atoms with Crippen LogP contribution in [0.1, 0.15) is 78.7 Å². The van der Waals surface area contributed by atoms with Crippen molar-refractivity contribution < 1.29 is 18.7 Å². The van der Waals surface area contributed by atoms with Gasteiger partial charge in [0, 0.05) is 36.6 Å². The van der Waals surface area contributed by atoms with Crippen LogP contribution in [0.25, 0.3) is 10.9 Å². The number of carbonyl (C=O) groups is 2. The summed E-state index contributed by atoms with van der Waals surface area (Å²) >= 11 is 0. The summed E-state index contributed by atoms with van der Waals surface area (Å²) in [7, 11) is 0. The summed E-state index contributed by atoms with van der Waals surface area (Å²) in [6, 6.07) is 3.73. The average molecular weight is 462 g/mol. The van der Waals surface area contributed by atoms with Crippen LogP contribution in [0.5, 0.6) is 0 Å². The molecule has 0 radical (unpaired) electrons. The van der Waals surface area contributed by atoms with Gasteiger partial charge in [0.15, 0.2) is 0 Å². The second-order valence-corrected chi connectivity index (χ2v) is 9.65. The predicted molar refractivity (Wildman–Crippen MR) is 131 cm³/mol. The summed E-state index contributed by atoms with van der Waals surface area (Å²) in [5.74, 6) is -0.467. The number of halogens is 1. The zero-order valence-corrected chi connectivity index (χ0v) is 20.8. The van der Waals surface area contributed by atoms with Crippen LogP contribution in [0.4, 0.5) is 9.18 Å². The third kappa shape index (κ3) is 8.71. The molecular formula is C26H40FN3O3. The Balaban J connectivity index is 2.28. The van der Waals surface area contributed by atoms with Gasteiger partial charge in [0.25, 0.3) is 0 Å². The van der Waals surface area contributed by atoms with Gasteiger partial charge in [0.1, 0.15) is 17.5 Å². The Morgan fingerprint density at radius 3 is 2.30 bits per heavy atom. The fourth-order valence-corrected chi connectivity index (χ4v) is 3.85. The molecule has 184 valence electrons. The van der Waals surface area contributed by atoms with Gasteiger partial charge >= 0.3 is 6.09 Å². The number of rotatable bonds is 12. The second kappa shape index (κ2) is 12.6. The highest BCUT2D eigenvalue weighted by molar-refractivity contribution is 5.88. The molecule has 1 aromatic heterocycles. The minimum absolute atomic E-state index is 0.126. The molecule has 0 saturated heterocycles. The van der Waals surface area contributed by atoms with E-state index in [2.05, 4.69) is 24.1 Å². The third-order valence-electron chi connectivity index (χ3n) is 5.52. The summed E-state index contributed by atoms with van der Waals surface area (Å²) in [4.78, 5) is 31.2. The molecule has 33 heavy (non-hydrogen) atoms. The minimum Gasteiger partial charge on any atom is -0.444 e. The lowest BCUT2D eigenvalue weighted by molar-refractivity contribution is -0.133. The normalized spacial score (nSPS) is 12.5. The standard InChI is InChI=1S/C26H40FN3O3/c1-6-8-10-14-30(15-11-9-7-2)24(31)23(29-25(32)33-26(3,4)5)16-19-18-28-22-13-12-20(27)17-21(19)22/h12-13,17-18,23,28H,6-11,14-16H2,1-5H3,(H,29,32)/t23-/m0/s1. The van der Waals surface area contributed by atoms with Crippen molar-refractivity contribution >= 4 is 22.9 Å².